The second kappa shape index (κ2) is 11.5. The molecule has 5 nitrogen and oxygen atoms in total. The van der Waals surface area contributed by atoms with Gasteiger partial charge in [0.25, 0.3) is 0 Å². The Hall–Kier alpha value is -3.35. The summed E-state index contributed by atoms with van der Waals surface area (Å²) >= 11 is 0. The van der Waals surface area contributed by atoms with Crippen molar-refractivity contribution in [3.8, 4) is 0 Å². The number of carbonyl (C=O) groups is 2. The molecule has 1 aromatic carbocycles. The van der Waals surface area contributed by atoms with Crippen molar-refractivity contribution in [2.75, 3.05) is 14.2 Å². The summed E-state index contributed by atoms with van der Waals surface area (Å²) in [6, 6.07) is 4.00. The fourth-order valence-corrected chi connectivity index (χ4v) is 2.91. The monoisotopic (exact) mass is 631 g/mol. The van der Waals surface area contributed by atoms with E-state index in [0.29, 0.717) is 14.2 Å². The van der Waals surface area contributed by atoms with E-state index < -0.39 is 77.9 Å². The van der Waals surface area contributed by atoms with Gasteiger partial charge in [0.05, 0.1) is 19.9 Å². The lowest BCUT2D eigenvalue weighted by Crippen LogP contribution is -2.73. The van der Waals surface area contributed by atoms with E-state index in [1.165, 1.54) is 30.3 Å². The number of methoxy groups -OCH3 is 2. The fraction of sp³-hybridized carbons (Fsp3) is 0.524. The molecule has 1 atom stereocenters. The van der Waals surface area contributed by atoms with Gasteiger partial charge in [-0.05, 0) is 5.56 Å². The normalized spacial score (nSPS) is 15.3. The molecule has 0 aromatic heterocycles. The third kappa shape index (κ3) is 6.14. The van der Waals surface area contributed by atoms with Gasteiger partial charge in [0.2, 0.25) is 0 Å². The summed E-state index contributed by atoms with van der Waals surface area (Å²) in [5.74, 6) is -52.3. The van der Waals surface area contributed by atoms with E-state index in [0.717, 1.165) is 5.32 Å². The van der Waals surface area contributed by atoms with Crippen molar-refractivity contribution in [1.29, 1.82) is 0 Å². The highest BCUT2D eigenvalue weighted by atomic mass is 19.4. The number of ether oxygens (including phenoxy) is 2. The van der Waals surface area contributed by atoms with Crippen molar-refractivity contribution < 1.29 is 84.9 Å². The van der Waals surface area contributed by atoms with Crippen LogP contribution in [0, 0.1) is 0 Å². The second-order valence-electron chi connectivity index (χ2n) is 7.94. The number of halogens is 15. The molecule has 41 heavy (non-hydrogen) atoms. The van der Waals surface area contributed by atoms with E-state index in [9.17, 15) is 75.4 Å². The standard InChI is InChI=1S/C21H16F15NO4/c1-40-13(38)9-12(37-11(14(39)41-2)8-10-6-4-3-5-7-10)15(22,23)16(24,25)17(26,27)18(28,29)19(30,31)20(32,33)21(34,35)36/h3-7,9,11,37H,8H2,1-2H3/b12-9+. The van der Waals surface area contributed by atoms with Crippen LogP contribution in [0.4, 0.5) is 65.9 Å². The molecule has 1 N–H and O–H groups in total. The smallest absolute Gasteiger partial charge is 0.460 e. The zero-order chi connectivity index (χ0) is 32.5. The predicted octanol–water partition coefficient (Wildman–Crippen LogP) is 5.79. The van der Waals surface area contributed by atoms with Crippen molar-refractivity contribution in [2.24, 2.45) is 0 Å². The third-order valence-electron chi connectivity index (χ3n) is 5.23. The molecule has 0 bridgehead atoms. The number of hydrogen-bond acceptors (Lipinski definition) is 5. The van der Waals surface area contributed by atoms with Crippen LogP contribution in [0.25, 0.3) is 0 Å². The number of allylic oxidation sites excluding steroid dienone is 1. The molecule has 234 valence electrons. The van der Waals surface area contributed by atoms with Gasteiger partial charge in [0.15, 0.2) is 0 Å². The van der Waals surface area contributed by atoms with Crippen LogP contribution in [-0.4, -0.2) is 73.9 Å². The minimum atomic E-state index is -8.53. The molecule has 0 aliphatic carbocycles. The Morgan fingerprint density at radius 3 is 1.56 bits per heavy atom. The Bertz CT molecular complexity index is 1120. The molecule has 0 radical (unpaired) electrons. The van der Waals surface area contributed by atoms with Gasteiger partial charge in [-0.2, -0.15) is 65.9 Å². The van der Waals surface area contributed by atoms with Gasteiger partial charge < -0.3 is 14.8 Å². The molecule has 0 heterocycles. The Balaban J connectivity index is 3.79. The first-order chi connectivity index (χ1) is 18.3. The fourth-order valence-electron chi connectivity index (χ4n) is 2.91. The average Bonchev–Trinajstić information content (AvgIpc) is 2.86. The molecule has 0 saturated heterocycles. The highest BCUT2D eigenvalue weighted by molar-refractivity contribution is 5.83. The maximum Gasteiger partial charge on any atom is 0.460 e. The third-order valence-corrected chi connectivity index (χ3v) is 5.23. The van der Waals surface area contributed by atoms with Gasteiger partial charge in [-0.3, -0.25) is 0 Å². The highest BCUT2D eigenvalue weighted by Gasteiger charge is 2.93. The molecule has 0 spiro atoms. The van der Waals surface area contributed by atoms with Gasteiger partial charge in [0, 0.05) is 12.5 Å². The summed E-state index contributed by atoms with van der Waals surface area (Å²) in [4.78, 5) is 23.6. The zero-order valence-corrected chi connectivity index (χ0v) is 20.1. The van der Waals surface area contributed by atoms with Crippen molar-refractivity contribution in [3.63, 3.8) is 0 Å². The minimum absolute atomic E-state index is 0.00813. The molecule has 1 aromatic rings. The molecule has 0 aliphatic heterocycles. The summed E-state index contributed by atoms with van der Waals surface area (Å²) in [6.45, 7) is 0. The van der Waals surface area contributed by atoms with Gasteiger partial charge >= 0.3 is 53.7 Å². The summed E-state index contributed by atoms with van der Waals surface area (Å²) in [6.07, 6.45) is -9.40. The molecular weight excluding hydrogens is 615 g/mol. The van der Waals surface area contributed by atoms with Crippen LogP contribution in [0.1, 0.15) is 5.56 Å². The van der Waals surface area contributed by atoms with Crippen LogP contribution in [0.5, 0.6) is 0 Å². The van der Waals surface area contributed by atoms with E-state index in [2.05, 4.69) is 9.47 Å². The van der Waals surface area contributed by atoms with Crippen LogP contribution in [0.3, 0.4) is 0 Å². The molecule has 0 amide bonds. The minimum Gasteiger partial charge on any atom is -0.467 e. The van der Waals surface area contributed by atoms with Crippen LogP contribution < -0.4 is 5.32 Å². The van der Waals surface area contributed by atoms with Crippen molar-refractivity contribution in [3.05, 3.63) is 47.7 Å². The van der Waals surface area contributed by atoms with Crippen molar-refractivity contribution in [2.45, 2.75) is 54.2 Å². The van der Waals surface area contributed by atoms with E-state index in [1.807, 2.05) is 0 Å². The SMILES string of the molecule is COC(=O)/C=C(/NC(Cc1ccccc1)C(=O)OC)C(F)(F)C(F)(F)C(F)(F)C(F)(F)C(F)(F)C(F)(F)C(F)(F)F. The Morgan fingerprint density at radius 2 is 1.15 bits per heavy atom. The number of rotatable bonds is 12. The molecule has 0 fully saturated rings. The first-order valence-electron chi connectivity index (χ1n) is 10.3. The lowest BCUT2D eigenvalue weighted by atomic mass is 9.89. The van der Waals surface area contributed by atoms with Crippen LogP contribution in [0.2, 0.25) is 0 Å². The van der Waals surface area contributed by atoms with Crippen LogP contribution >= 0.6 is 0 Å². The average molecular weight is 631 g/mol. The van der Waals surface area contributed by atoms with E-state index in [-0.39, 0.29) is 5.56 Å². The topological polar surface area (TPSA) is 64.6 Å². The number of alkyl halides is 15. The van der Waals surface area contributed by atoms with Crippen molar-refractivity contribution in [1.82, 2.24) is 5.32 Å². The van der Waals surface area contributed by atoms with E-state index >= 15 is 0 Å². The van der Waals surface area contributed by atoms with Gasteiger partial charge in [-0.15, -0.1) is 0 Å². The summed E-state index contributed by atoms with van der Waals surface area (Å²) in [7, 11) is 0.979. The molecule has 1 rings (SSSR count). The number of benzene rings is 1. The largest absolute Gasteiger partial charge is 0.467 e. The Kier molecular flexibility index (Phi) is 10.0. The molecule has 0 saturated carbocycles. The molecule has 1 unspecified atom stereocenters. The maximum absolute atomic E-state index is 14.9. The Labute approximate surface area is 219 Å². The molecule has 0 aliphatic rings. The van der Waals surface area contributed by atoms with Gasteiger partial charge in [-0.1, -0.05) is 30.3 Å². The number of esters is 2. The Morgan fingerprint density at radius 1 is 0.707 bits per heavy atom. The number of hydrogen-bond donors (Lipinski definition) is 1. The van der Waals surface area contributed by atoms with Crippen molar-refractivity contribution >= 4 is 11.9 Å². The lowest BCUT2D eigenvalue weighted by Gasteiger charge is -2.42. The number of nitrogens with one attached hydrogen (secondary N) is 1. The highest BCUT2D eigenvalue weighted by Crippen LogP contribution is 2.63. The quantitative estimate of drug-likeness (QED) is 0.180. The summed E-state index contributed by atoms with van der Waals surface area (Å²) < 4.78 is 213. The summed E-state index contributed by atoms with van der Waals surface area (Å²) in [5, 5.41) is 1.14. The van der Waals surface area contributed by atoms with Crippen LogP contribution in [0.15, 0.2) is 42.1 Å². The molecular formula is C21H16F15NO4. The summed E-state index contributed by atoms with van der Waals surface area (Å²) in [5.41, 5.74) is -2.89. The first kappa shape index (κ1) is 35.7. The zero-order valence-electron chi connectivity index (χ0n) is 20.1. The lowest BCUT2D eigenvalue weighted by molar-refractivity contribution is -0.450. The van der Waals surface area contributed by atoms with Gasteiger partial charge in [-0.25, -0.2) is 9.59 Å². The van der Waals surface area contributed by atoms with E-state index in [1.54, 1.807) is 0 Å². The second-order valence-corrected chi connectivity index (χ2v) is 7.94. The van der Waals surface area contributed by atoms with Gasteiger partial charge in [0.1, 0.15) is 6.04 Å². The number of carbonyl (C=O) groups excluding carboxylic acids is 2. The maximum atomic E-state index is 14.9. The molecule has 20 heteroatoms. The van der Waals surface area contributed by atoms with Crippen LogP contribution in [-0.2, 0) is 25.5 Å². The predicted molar refractivity (Wildman–Crippen MR) is 105 cm³/mol. The van der Waals surface area contributed by atoms with E-state index in [4.69, 9.17) is 0 Å². The first-order valence-corrected chi connectivity index (χ1v) is 10.3.